The van der Waals surface area contributed by atoms with Crippen molar-refractivity contribution in [2.45, 2.75) is 21.1 Å². The van der Waals surface area contributed by atoms with Gasteiger partial charge in [0, 0.05) is 36.0 Å². The van der Waals surface area contributed by atoms with Crippen LogP contribution in [-0.2, 0) is 7.05 Å². The van der Waals surface area contributed by atoms with Crippen LogP contribution in [0.4, 0.5) is 11.6 Å². The highest BCUT2D eigenvalue weighted by Crippen LogP contribution is 2.63. The molecule has 0 unspecified atom stereocenters. The number of hydrogen-bond donors (Lipinski definition) is 1. The van der Waals surface area contributed by atoms with E-state index in [2.05, 4.69) is 95.1 Å². The van der Waals surface area contributed by atoms with Gasteiger partial charge >= 0.3 is 0 Å². The van der Waals surface area contributed by atoms with Gasteiger partial charge in [0.1, 0.15) is 43.0 Å². The summed E-state index contributed by atoms with van der Waals surface area (Å²) in [5, 5.41) is 4.60. The van der Waals surface area contributed by atoms with E-state index in [0.29, 0.717) is 11.4 Å². The zero-order valence-corrected chi connectivity index (χ0v) is 23.9. The lowest BCUT2D eigenvalue weighted by molar-refractivity contribution is 0.102. The predicted molar refractivity (Wildman–Crippen MR) is 178 cm³/mol. The fourth-order valence-corrected chi connectivity index (χ4v) is 6.23. The Morgan fingerprint density at radius 2 is 1.53 bits per heavy atom. The standard InChI is InChI=1S/C23H30B8N6O/c1-36-11-32-10-16(36)12-2-3-14-9-34-17(7-15(14)6-12)35-19(38)13-4-5-33-18(8-13)37-22(28,29)20(24,25)21(26,27)23(37,30)31/h2-11H,24-31H2,1H3,(H,34,35,38). The fraction of sp³-hybridized carbons (Fsp3) is 0.217. The van der Waals surface area contributed by atoms with Gasteiger partial charge < -0.3 is 14.8 Å². The van der Waals surface area contributed by atoms with Crippen LogP contribution in [0.25, 0.3) is 22.0 Å². The van der Waals surface area contributed by atoms with Crippen LogP contribution in [0.2, 0.25) is 10.4 Å². The van der Waals surface area contributed by atoms with Crippen molar-refractivity contribution in [2.24, 2.45) is 7.05 Å². The smallest absolute Gasteiger partial charge is 0.257 e. The van der Waals surface area contributed by atoms with Crippen molar-refractivity contribution in [3.63, 3.8) is 0 Å². The van der Waals surface area contributed by atoms with E-state index in [4.69, 9.17) is 4.98 Å². The molecule has 4 heterocycles. The molecular weight excluding hydrogens is 463 g/mol. The summed E-state index contributed by atoms with van der Waals surface area (Å²) in [6.45, 7) is 0. The number of hydrogen-bond acceptors (Lipinski definition) is 5. The zero-order chi connectivity index (χ0) is 27.7. The molecule has 38 heavy (non-hydrogen) atoms. The molecule has 3 aromatic heterocycles. The van der Waals surface area contributed by atoms with Gasteiger partial charge in [0.05, 0.1) is 49.6 Å². The van der Waals surface area contributed by atoms with Crippen molar-refractivity contribution in [3.8, 4) is 11.3 Å². The second kappa shape index (κ2) is 8.65. The number of carbonyl (C=O) groups excluding carboxylic acids is 1. The van der Waals surface area contributed by atoms with Crippen LogP contribution in [0, 0.1) is 0 Å². The average molecular weight is 493 g/mol. The molecule has 15 heteroatoms. The zero-order valence-electron chi connectivity index (χ0n) is 23.9. The maximum absolute atomic E-state index is 13.4. The van der Waals surface area contributed by atoms with Crippen LogP contribution < -0.4 is 10.2 Å². The normalized spacial score (nSPS) is 18.8. The lowest BCUT2D eigenvalue weighted by Gasteiger charge is -2.46. The molecular formula is C23H30B8N6O. The molecule has 0 atom stereocenters. The molecule has 182 valence electrons. The number of nitrogens with zero attached hydrogens (tertiary/aromatic N) is 5. The molecule has 0 bridgehead atoms. The van der Waals surface area contributed by atoms with Gasteiger partial charge in [0.2, 0.25) is 0 Å². The maximum Gasteiger partial charge on any atom is 0.257 e. The Labute approximate surface area is 231 Å². The number of benzene rings is 1. The van der Waals surface area contributed by atoms with E-state index in [9.17, 15) is 4.79 Å². The predicted octanol–water partition coefficient (Wildman–Crippen LogP) is -4.29. The van der Waals surface area contributed by atoms with E-state index in [1.807, 2.05) is 36.0 Å². The van der Waals surface area contributed by atoms with Crippen LogP contribution in [0.1, 0.15) is 10.4 Å². The van der Waals surface area contributed by atoms with Gasteiger partial charge in [-0.3, -0.25) is 4.79 Å². The van der Waals surface area contributed by atoms with Crippen molar-refractivity contribution in [1.29, 1.82) is 0 Å². The summed E-state index contributed by atoms with van der Waals surface area (Å²) < 4.78 is 1.98. The van der Waals surface area contributed by atoms with Gasteiger partial charge in [-0.1, -0.05) is 22.6 Å². The number of amides is 1. The van der Waals surface area contributed by atoms with Gasteiger partial charge in [-0.25, -0.2) is 15.0 Å². The fourth-order valence-electron chi connectivity index (χ4n) is 6.23. The van der Waals surface area contributed by atoms with Gasteiger partial charge in [-0.2, -0.15) is 0 Å². The van der Waals surface area contributed by atoms with E-state index in [1.54, 1.807) is 24.8 Å². The minimum absolute atomic E-state index is 0.00716. The van der Waals surface area contributed by atoms with Gasteiger partial charge in [0.25, 0.3) is 5.91 Å². The molecule has 1 amide bonds. The first kappa shape index (κ1) is 26.4. The first-order valence-electron chi connectivity index (χ1n) is 13.1. The van der Waals surface area contributed by atoms with Gasteiger partial charge in [-0.05, 0) is 40.3 Å². The summed E-state index contributed by atoms with van der Waals surface area (Å²) in [5.74, 6) is 1.10. The van der Waals surface area contributed by atoms with E-state index >= 15 is 0 Å². The van der Waals surface area contributed by atoms with Gasteiger partial charge in [0.15, 0.2) is 0 Å². The monoisotopic (exact) mass is 494 g/mol. The van der Waals surface area contributed by atoms with Gasteiger partial charge in [-0.15, -0.1) is 0 Å². The molecule has 1 aliphatic heterocycles. The third-order valence-corrected chi connectivity index (χ3v) is 10.1. The number of imidazole rings is 1. The van der Waals surface area contributed by atoms with Crippen molar-refractivity contribution in [1.82, 2.24) is 19.5 Å². The first-order chi connectivity index (χ1) is 17.7. The Morgan fingerprint density at radius 1 is 0.842 bits per heavy atom. The van der Waals surface area contributed by atoms with E-state index in [0.717, 1.165) is 27.8 Å². The molecule has 0 aliphatic carbocycles. The summed E-state index contributed by atoms with van der Waals surface area (Å²) in [4.78, 5) is 29.2. The van der Waals surface area contributed by atoms with E-state index in [-0.39, 0.29) is 27.0 Å². The second-order valence-corrected chi connectivity index (χ2v) is 12.6. The van der Waals surface area contributed by atoms with Crippen LogP contribution in [0.5, 0.6) is 0 Å². The Morgan fingerprint density at radius 3 is 2.16 bits per heavy atom. The number of aromatic nitrogens is 4. The van der Waals surface area contributed by atoms with E-state index in [1.165, 1.54) is 0 Å². The van der Waals surface area contributed by atoms with Crippen LogP contribution in [0.15, 0.2) is 61.3 Å². The molecule has 0 radical (unpaired) electrons. The maximum atomic E-state index is 13.4. The lowest BCUT2D eigenvalue weighted by atomic mass is 9.17. The molecule has 1 N–H and O–H groups in total. The molecule has 0 spiro atoms. The molecule has 1 saturated heterocycles. The Hall–Kier alpha value is -3.22. The number of fused-ring (bicyclic) bond motifs is 1. The molecule has 1 aliphatic rings. The third kappa shape index (κ3) is 3.76. The second-order valence-electron chi connectivity index (χ2n) is 12.6. The number of rotatable bonds is 4. The summed E-state index contributed by atoms with van der Waals surface area (Å²) in [5.41, 5.74) is 2.63. The van der Waals surface area contributed by atoms with Crippen molar-refractivity contribution >= 4 is 91.1 Å². The third-order valence-electron chi connectivity index (χ3n) is 10.1. The van der Waals surface area contributed by atoms with Crippen LogP contribution in [0.3, 0.4) is 0 Å². The first-order valence-corrected chi connectivity index (χ1v) is 13.1. The van der Waals surface area contributed by atoms with Crippen molar-refractivity contribution in [2.75, 3.05) is 10.2 Å². The number of carbonyl (C=O) groups is 1. The molecule has 7 nitrogen and oxygen atoms in total. The Bertz CT molecular complexity index is 1540. The number of nitrogens with one attached hydrogen (secondary N) is 1. The minimum atomic E-state index is -0.211. The number of aryl methyl sites for hydroxylation is 1. The molecule has 1 fully saturated rings. The molecule has 0 saturated carbocycles. The SMILES string of the molecule is BC1(B)N(c2cc(C(=O)Nc3cc4cc(-c5cncn5C)ccc4cn3)ccn2)C(B)(B)C(B)(B)C1(B)B. The van der Waals surface area contributed by atoms with E-state index < -0.39 is 0 Å². The summed E-state index contributed by atoms with van der Waals surface area (Å²) >= 11 is 0. The van der Waals surface area contributed by atoms with Crippen molar-refractivity contribution < 1.29 is 4.79 Å². The quantitative estimate of drug-likeness (QED) is 0.292. The van der Waals surface area contributed by atoms with Crippen LogP contribution >= 0.6 is 0 Å². The summed E-state index contributed by atoms with van der Waals surface area (Å²) in [7, 11) is 20.4. The molecule has 4 aromatic rings. The molecule has 1 aromatic carbocycles. The highest BCUT2D eigenvalue weighted by Gasteiger charge is 2.65. The largest absolute Gasteiger partial charge is 0.379 e. The average Bonchev–Trinajstić information content (AvgIpc) is 3.31. The summed E-state index contributed by atoms with van der Waals surface area (Å²) in [6.07, 6.45) is 7.14. The number of pyridine rings is 2. The number of anilines is 2. The highest BCUT2D eigenvalue weighted by atomic mass is 16.1. The molecule has 5 rings (SSSR count). The lowest BCUT2D eigenvalue weighted by Crippen LogP contribution is -2.60. The Balaban J connectivity index is 1.45. The Kier molecular flexibility index (Phi) is 6.01. The highest BCUT2D eigenvalue weighted by molar-refractivity contribution is 6.69. The van der Waals surface area contributed by atoms with Crippen LogP contribution in [-0.4, -0.2) is 98.9 Å². The topological polar surface area (TPSA) is 75.9 Å². The summed E-state index contributed by atoms with van der Waals surface area (Å²) in [6, 6.07) is 11.8. The van der Waals surface area contributed by atoms with Crippen molar-refractivity contribution in [3.05, 3.63) is 66.9 Å². The minimum Gasteiger partial charge on any atom is -0.379 e.